The molecule has 1 heterocycles. The maximum absolute atomic E-state index is 4.32. The molecule has 1 aliphatic carbocycles. The fourth-order valence-corrected chi connectivity index (χ4v) is 2.30. The number of hydrogen-bond donors (Lipinski definition) is 3. The molecular formula is C14H21BrN4. The predicted octanol–water partition coefficient (Wildman–Crippen LogP) is 2.58. The molecule has 0 aromatic heterocycles. The highest BCUT2D eigenvalue weighted by Crippen LogP contribution is 2.36. The molecule has 1 fully saturated rings. The van der Waals surface area contributed by atoms with E-state index in [-0.39, 0.29) is 6.29 Å². The Balaban J connectivity index is 1.95. The molecule has 0 amide bonds. The molecule has 1 aliphatic heterocycles. The average Bonchev–Trinajstić information content (AvgIpc) is 3.17. The number of nitrogens with one attached hydrogen (secondary N) is 3. The lowest BCUT2D eigenvalue weighted by atomic mass is 10.1. The van der Waals surface area contributed by atoms with Crippen molar-refractivity contribution < 1.29 is 0 Å². The van der Waals surface area contributed by atoms with Crippen molar-refractivity contribution in [2.75, 3.05) is 6.54 Å². The largest absolute Gasteiger partial charge is 0.342 e. The molecule has 2 rings (SSSR count). The molecule has 1 unspecified atom stereocenters. The topological polar surface area (TPSA) is 48.5 Å². The van der Waals surface area contributed by atoms with Crippen LogP contribution in [-0.4, -0.2) is 19.0 Å². The van der Waals surface area contributed by atoms with Gasteiger partial charge < -0.3 is 10.6 Å². The van der Waals surface area contributed by atoms with Crippen LogP contribution in [0, 0.1) is 5.92 Å². The molecule has 4 nitrogen and oxygen atoms in total. The van der Waals surface area contributed by atoms with Gasteiger partial charge in [-0.15, -0.1) is 0 Å². The van der Waals surface area contributed by atoms with Crippen LogP contribution in [0.5, 0.6) is 0 Å². The van der Waals surface area contributed by atoms with Crippen LogP contribution in [0.3, 0.4) is 0 Å². The van der Waals surface area contributed by atoms with Gasteiger partial charge in [0.1, 0.15) is 5.82 Å². The first-order chi connectivity index (χ1) is 9.10. The van der Waals surface area contributed by atoms with E-state index in [0.717, 1.165) is 28.5 Å². The Bertz CT molecular complexity index is 446. The summed E-state index contributed by atoms with van der Waals surface area (Å²) >= 11 is 3.49. The minimum atomic E-state index is -0.0879. The molecule has 104 valence electrons. The standard InChI is InChI=1S/C14H21BrN4/c1-4-16-14-17-8-12(15)13(19-14)18-10(3)7-9(2)11-5-6-11/h7-8,11,14,16,18-19H,3-6H2,1-2H3/b9-7+. The first kappa shape index (κ1) is 14.3. The van der Waals surface area contributed by atoms with Gasteiger partial charge in [0.05, 0.1) is 4.48 Å². The molecule has 2 aliphatic rings. The molecule has 3 N–H and O–H groups in total. The number of hydrogen-bond acceptors (Lipinski definition) is 4. The predicted molar refractivity (Wildman–Crippen MR) is 83.8 cm³/mol. The zero-order valence-electron chi connectivity index (χ0n) is 11.5. The van der Waals surface area contributed by atoms with Gasteiger partial charge in [-0.2, -0.15) is 0 Å². The van der Waals surface area contributed by atoms with Crippen molar-refractivity contribution in [2.45, 2.75) is 33.0 Å². The Kier molecular flexibility index (Phi) is 4.82. The first-order valence-electron chi connectivity index (χ1n) is 6.67. The normalized spacial score (nSPS) is 23.3. The van der Waals surface area contributed by atoms with Gasteiger partial charge in [0.15, 0.2) is 6.29 Å². The Hall–Kier alpha value is -1.07. The van der Waals surface area contributed by atoms with E-state index in [0.29, 0.717) is 0 Å². The average molecular weight is 325 g/mol. The number of nitrogens with zero attached hydrogens (tertiary/aromatic N) is 1. The monoisotopic (exact) mass is 324 g/mol. The van der Waals surface area contributed by atoms with Crippen molar-refractivity contribution in [2.24, 2.45) is 10.9 Å². The lowest BCUT2D eigenvalue weighted by molar-refractivity contribution is 0.474. The van der Waals surface area contributed by atoms with Crippen LogP contribution >= 0.6 is 15.9 Å². The molecule has 0 saturated heterocycles. The van der Waals surface area contributed by atoms with Gasteiger partial charge in [-0.1, -0.05) is 19.1 Å². The second-order valence-electron chi connectivity index (χ2n) is 4.92. The van der Waals surface area contributed by atoms with Crippen LogP contribution in [0.2, 0.25) is 0 Å². The van der Waals surface area contributed by atoms with Gasteiger partial charge in [-0.05, 0) is 54.2 Å². The smallest absolute Gasteiger partial charge is 0.174 e. The molecule has 19 heavy (non-hydrogen) atoms. The molecule has 0 aromatic carbocycles. The molecule has 1 atom stereocenters. The van der Waals surface area contributed by atoms with E-state index in [1.54, 1.807) is 6.21 Å². The van der Waals surface area contributed by atoms with Gasteiger partial charge in [-0.3, -0.25) is 10.3 Å². The Morgan fingerprint density at radius 3 is 3.00 bits per heavy atom. The third-order valence-corrected chi connectivity index (χ3v) is 3.76. The second kappa shape index (κ2) is 6.39. The highest BCUT2D eigenvalue weighted by molar-refractivity contribution is 9.12. The maximum Gasteiger partial charge on any atom is 0.174 e. The number of halogens is 1. The maximum atomic E-state index is 4.32. The van der Waals surface area contributed by atoms with E-state index in [2.05, 4.69) is 63.4 Å². The van der Waals surface area contributed by atoms with Gasteiger partial charge in [0.25, 0.3) is 0 Å². The van der Waals surface area contributed by atoms with Gasteiger partial charge >= 0.3 is 0 Å². The third-order valence-electron chi connectivity index (χ3n) is 3.16. The fraction of sp³-hybridized carbons (Fsp3) is 0.500. The van der Waals surface area contributed by atoms with Crippen LogP contribution in [0.25, 0.3) is 0 Å². The van der Waals surface area contributed by atoms with Crippen LogP contribution in [-0.2, 0) is 0 Å². The van der Waals surface area contributed by atoms with Gasteiger partial charge in [0.2, 0.25) is 0 Å². The van der Waals surface area contributed by atoms with E-state index in [1.807, 2.05) is 0 Å². The molecule has 0 bridgehead atoms. The fourth-order valence-electron chi connectivity index (χ4n) is 1.97. The van der Waals surface area contributed by atoms with Crippen molar-refractivity contribution in [1.29, 1.82) is 0 Å². The highest BCUT2D eigenvalue weighted by Gasteiger charge is 2.23. The lowest BCUT2D eigenvalue weighted by Gasteiger charge is -2.24. The van der Waals surface area contributed by atoms with Crippen LogP contribution < -0.4 is 16.0 Å². The zero-order chi connectivity index (χ0) is 13.8. The summed E-state index contributed by atoms with van der Waals surface area (Å²) in [5.41, 5.74) is 2.30. The van der Waals surface area contributed by atoms with E-state index in [1.165, 1.54) is 18.4 Å². The summed E-state index contributed by atoms with van der Waals surface area (Å²) in [6.45, 7) is 9.15. The van der Waals surface area contributed by atoms with Crippen molar-refractivity contribution >= 4 is 22.1 Å². The summed E-state index contributed by atoms with van der Waals surface area (Å²) in [6, 6.07) is 0. The molecule has 5 heteroatoms. The van der Waals surface area contributed by atoms with Crippen molar-refractivity contribution in [3.8, 4) is 0 Å². The summed E-state index contributed by atoms with van der Waals surface area (Å²) in [5.74, 6) is 1.66. The SMILES string of the molecule is C=C(/C=C(\C)C1CC1)NC1=C(Br)C=NC(NCC)N1. The van der Waals surface area contributed by atoms with Crippen LogP contribution in [0.4, 0.5) is 0 Å². The first-order valence-corrected chi connectivity index (χ1v) is 7.46. The van der Waals surface area contributed by atoms with Crippen LogP contribution in [0.15, 0.2) is 39.2 Å². The Morgan fingerprint density at radius 2 is 2.37 bits per heavy atom. The van der Waals surface area contributed by atoms with E-state index in [4.69, 9.17) is 0 Å². The second-order valence-corrected chi connectivity index (χ2v) is 5.77. The quantitative estimate of drug-likeness (QED) is 0.658. The highest BCUT2D eigenvalue weighted by atomic mass is 79.9. The third kappa shape index (κ3) is 4.21. The minimum absolute atomic E-state index is 0.0879. The van der Waals surface area contributed by atoms with E-state index < -0.39 is 0 Å². The summed E-state index contributed by atoms with van der Waals surface area (Å²) < 4.78 is 0.903. The van der Waals surface area contributed by atoms with Gasteiger partial charge in [0, 0.05) is 11.9 Å². The molecule has 0 radical (unpaired) electrons. The Morgan fingerprint density at radius 1 is 1.63 bits per heavy atom. The Labute approximate surface area is 123 Å². The van der Waals surface area contributed by atoms with E-state index in [9.17, 15) is 0 Å². The molecule has 1 saturated carbocycles. The molecule has 0 aromatic rings. The summed E-state index contributed by atoms with van der Waals surface area (Å²) in [4.78, 5) is 4.32. The number of aliphatic imine (C=N–C) groups is 1. The van der Waals surface area contributed by atoms with E-state index >= 15 is 0 Å². The summed E-state index contributed by atoms with van der Waals surface area (Å²) in [7, 11) is 0. The molecule has 0 spiro atoms. The number of rotatable bonds is 6. The van der Waals surface area contributed by atoms with Crippen LogP contribution in [0.1, 0.15) is 26.7 Å². The van der Waals surface area contributed by atoms with Crippen molar-refractivity contribution in [3.05, 3.63) is 34.2 Å². The van der Waals surface area contributed by atoms with Crippen molar-refractivity contribution in [3.63, 3.8) is 0 Å². The lowest BCUT2D eigenvalue weighted by Crippen LogP contribution is -2.45. The summed E-state index contributed by atoms with van der Waals surface area (Å²) in [5, 5.41) is 9.79. The number of allylic oxidation sites excluding steroid dienone is 3. The molecular weight excluding hydrogens is 304 g/mol. The minimum Gasteiger partial charge on any atom is -0.342 e. The van der Waals surface area contributed by atoms with Crippen molar-refractivity contribution in [1.82, 2.24) is 16.0 Å². The summed E-state index contributed by atoms with van der Waals surface area (Å²) in [6.07, 6.45) is 6.47. The van der Waals surface area contributed by atoms with Gasteiger partial charge in [-0.25, -0.2) is 0 Å². The zero-order valence-corrected chi connectivity index (χ0v) is 13.0.